The average molecular weight is 299 g/mol. The van der Waals surface area contributed by atoms with Gasteiger partial charge in [-0.2, -0.15) is 9.90 Å². The SMILES string of the molecule is CC(=O)Nc1cnn(CC(=O)Nc2cccc3[nH]cnc23)n1. The summed E-state index contributed by atoms with van der Waals surface area (Å²) in [7, 11) is 0. The van der Waals surface area contributed by atoms with E-state index >= 15 is 0 Å². The van der Waals surface area contributed by atoms with Crippen LogP contribution in [0.4, 0.5) is 11.5 Å². The number of para-hydroxylation sites is 1. The topological polar surface area (TPSA) is 118 Å². The molecular weight excluding hydrogens is 286 g/mol. The number of hydrogen-bond acceptors (Lipinski definition) is 5. The van der Waals surface area contributed by atoms with Crippen molar-refractivity contribution in [2.24, 2.45) is 0 Å². The maximum Gasteiger partial charge on any atom is 0.248 e. The van der Waals surface area contributed by atoms with Gasteiger partial charge in [0.1, 0.15) is 12.1 Å². The number of aromatic amines is 1. The molecule has 0 aliphatic rings. The number of imidazole rings is 1. The number of benzene rings is 1. The zero-order valence-electron chi connectivity index (χ0n) is 11.7. The lowest BCUT2D eigenvalue weighted by Gasteiger charge is -2.05. The van der Waals surface area contributed by atoms with Crippen LogP contribution >= 0.6 is 0 Å². The molecule has 0 aliphatic carbocycles. The smallest absolute Gasteiger partial charge is 0.248 e. The first kappa shape index (κ1) is 13.7. The molecule has 2 heterocycles. The van der Waals surface area contributed by atoms with Crippen LogP contribution in [-0.4, -0.2) is 36.8 Å². The fraction of sp³-hybridized carbons (Fsp3) is 0.154. The second kappa shape index (κ2) is 5.64. The van der Waals surface area contributed by atoms with E-state index in [1.165, 1.54) is 17.9 Å². The molecular formula is C13H13N7O2. The molecule has 2 amide bonds. The zero-order chi connectivity index (χ0) is 15.5. The third-order valence-corrected chi connectivity index (χ3v) is 2.85. The number of nitrogens with zero attached hydrogens (tertiary/aromatic N) is 4. The van der Waals surface area contributed by atoms with Crippen LogP contribution in [0.3, 0.4) is 0 Å². The van der Waals surface area contributed by atoms with Gasteiger partial charge in [-0.1, -0.05) is 6.07 Å². The number of anilines is 2. The molecule has 22 heavy (non-hydrogen) atoms. The summed E-state index contributed by atoms with van der Waals surface area (Å²) >= 11 is 0. The van der Waals surface area contributed by atoms with Gasteiger partial charge in [0.05, 0.1) is 23.7 Å². The Balaban J connectivity index is 1.68. The Labute approximate surface area is 124 Å². The fourth-order valence-corrected chi connectivity index (χ4v) is 2.00. The highest BCUT2D eigenvalue weighted by atomic mass is 16.2. The summed E-state index contributed by atoms with van der Waals surface area (Å²) in [6.45, 7) is 1.30. The van der Waals surface area contributed by atoms with Gasteiger partial charge in [0.25, 0.3) is 0 Å². The number of hydrogen-bond donors (Lipinski definition) is 3. The minimum atomic E-state index is -0.291. The molecule has 0 unspecified atom stereocenters. The summed E-state index contributed by atoms with van der Waals surface area (Å²) in [5.41, 5.74) is 2.13. The molecule has 1 aromatic carbocycles. The monoisotopic (exact) mass is 299 g/mol. The Morgan fingerprint density at radius 1 is 1.32 bits per heavy atom. The lowest BCUT2D eigenvalue weighted by Crippen LogP contribution is -2.20. The Morgan fingerprint density at radius 3 is 3.00 bits per heavy atom. The number of nitrogens with one attached hydrogen (secondary N) is 3. The van der Waals surface area contributed by atoms with E-state index in [1.54, 1.807) is 12.4 Å². The lowest BCUT2D eigenvalue weighted by molar-refractivity contribution is -0.117. The summed E-state index contributed by atoms with van der Waals surface area (Å²) in [4.78, 5) is 31.3. The summed E-state index contributed by atoms with van der Waals surface area (Å²) in [5, 5.41) is 13.1. The Bertz CT molecular complexity index is 836. The molecule has 3 N–H and O–H groups in total. The van der Waals surface area contributed by atoms with Crippen molar-refractivity contribution >= 4 is 34.4 Å². The summed E-state index contributed by atoms with van der Waals surface area (Å²) in [6.07, 6.45) is 2.94. The minimum Gasteiger partial charge on any atom is -0.345 e. The van der Waals surface area contributed by atoms with Crippen LogP contribution in [0.15, 0.2) is 30.7 Å². The highest BCUT2D eigenvalue weighted by Crippen LogP contribution is 2.19. The van der Waals surface area contributed by atoms with Crippen molar-refractivity contribution in [3.05, 3.63) is 30.7 Å². The second-order valence-electron chi connectivity index (χ2n) is 4.59. The van der Waals surface area contributed by atoms with E-state index in [1.807, 2.05) is 12.1 Å². The molecule has 9 nitrogen and oxygen atoms in total. The van der Waals surface area contributed by atoms with Gasteiger partial charge < -0.3 is 15.6 Å². The molecule has 3 aromatic rings. The number of H-pyrrole nitrogens is 1. The van der Waals surface area contributed by atoms with Crippen molar-refractivity contribution in [2.75, 3.05) is 10.6 Å². The van der Waals surface area contributed by atoms with Crippen molar-refractivity contribution in [2.45, 2.75) is 13.5 Å². The van der Waals surface area contributed by atoms with Crippen molar-refractivity contribution in [3.63, 3.8) is 0 Å². The molecule has 0 fully saturated rings. The van der Waals surface area contributed by atoms with E-state index < -0.39 is 0 Å². The van der Waals surface area contributed by atoms with E-state index in [0.717, 1.165) is 5.52 Å². The van der Waals surface area contributed by atoms with Crippen LogP contribution < -0.4 is 10.6 Å². The van der Waals surface area contributed by atoms with Crippen LogP contribution in [0.25, 0.3) is 11.0 Å². The molecule has 0 radical (unpaired) electrons. The third kappa shape index (κ3) is 2.92. The molecule has 0 bridgehead atoms. The molecule has 2 aromatic heterocycles. The van der Waals surface area contributed by atoms with Gasteiger partial charge in [-0.25, -0.2) is 4.98 Å². The van der Waals surface area contributed by atoms with Gasteiger partial charge in [0.15, 0.2) is 5.82 Å². The van der Waals surface area contributed by atoms with Gasteiger partial charge in [-0.15, -0.1) is 5.10 Å². The number of carbonyl (C=O) groups is 2. The third-order valence-electron chi connectivity index (χ3n) is 2.85. The van der Waals surface area contributed by atoms with E-state index in [9.17, 15) is 9.59 Å². The minimum absolute atomic E-state index is 0.0691. The first-order chi connectivity index (χ1) is 10.6. The number of carbonyl (C=O) groups excluding carboxylic acids is 2. The number of fused-ring (bicyclic) bond motifs is 1. The van der Waals surface area contributed by atoms with Crippen molar-refractivity contribution in [3.8, 4) is 0 Å². The van der Waals surface area contributed by atoms with Crippen LogP contribution in [0.5, 0.6) is 0 Å². The quantitative estimate of drug-likeness (QED) is 0.657. The fourth-order valence-electron chi connectivity index (χ4n) is 2.00. The van der Waals surface area contributed by atoms with Crippen molar-refractivity contribution in [1.29, 1.82) is 0 Å². The highest BCUT2D eigenvalue weighted by molar-refractivity contribution is 5.99. The van der Waals surface area contributed by atoms with E-state index in [0.29, 0.717) is 17.0 Å². The summed E-state index contributed by atoms with van der Waals surface area (Å²) in [6, 6.07) is 5.45. The van der Waals surface area contributed by atoms with Gasteiger partial charge >= 0.3 is 0 Å². The lowest BCUT2D eigenvalue weighted by atomic mass is 10.2. The molecule has 0 saturated carbocycles. The number of aromatic nitrogens is 5. The largest absolute Gasteiger partial charge is 0.345 e. The van der Waals surface area contributed by atoms with Gasteiger partial charge in [-0.05, 0) is 12.1 Å². The van der Waals surface area contributed by atoms with E-state index in [4.69, 9.17) is 0 Å². The summed E-state index contributed by atoms with van der Waals surface area (Å²) in [5.74, 6) is -0.239. The number of rotatable bonds is 4. The standard InChI is InChI=1S/C13H13N7O2/c1-8(21)17-11-5-16-20(19-11)6-12(22)18-10-4-2-3-9-13(10)15-7-14-9/h2-5,7H,6H2,1H3,(H,14,15)(H,18,22)(H,17,19,21). The molecule has 0 atom stereocenters. The highest BCUT2D eigenvalue weighted by Gasteiger charge is 2.10. The van der Waals surface area contributed by atoms with Crippen molar-refractivity contribution in [1.82, 2.24) is 25.0 Å². The molecule has 0 aliphatic heterocycles. The molecule has 0 spiro atoms. The molecule has 3 rings (SSSR count). The van der Waals surface area contributed by atoms with Crippen LogP contribution in [0.1, 0.15) is 6.92 Å². The Kier molecular flexibility index (Phi) is 3.52. The van der Waals surface area contributed by atoms with Crippen LogP contribution in [0.2, 0.25) is 0 Å². The van der Waals surface area contributed by atoms with Gasteiger partial charge in [0, 0.05) is 6.92 Å². The Hall–Kier alpha value is -3.23. The maximum atomic E-state index is 12.0. The van der Waals surface area contributed by atoms with Crippen molar-refractivity contribution < 1.29 is 9.59 Å². The zero-order valence-corrected chi connectivity index (χ0v) is 11.7. The summed E-state index contributed by atoms with van der Waals surface area (Å²) < 4.78 is 0. The Morgan fingerprint density at radius 2 is 2.18 bits per heavy atom. The normalized spacial score (nSPS) is 10.6. The van der Waals surface area contributed by atoms with Crippen LogP contribution in [0, 0.1) is 0 Å². The molecule has 112 valence electrons. The second-order valence-corrected chi connectivity index (χ2v) is 4.59. The molecule has 0 saturated heterocycles. The predicted molar refractivity (Wildman–Crippen MR) is 79.0 cm³/mol. The van der Waals surface area contributed by atoms with Gasteiger partial charge in [-0.3, -0.25) is 9.59 Å². The first-order valence-electron chi connectivity index (χ1n) is 6.51. The number of amides is 2. The predicted octanol–water partition coefficient (Wildman–Crippen LogP) is 0.751. The van der Waals surface area contributed by atoms with E-state index in [2.05, 4.69) is 30.8 Å². The average Bonchev–Trinajstić information content (AvgIpc) is 3.07. The molecule has 9 heteroatoms. The maximum absolute atomic E-state index is 12.0. The van der Waals surface area contributed by atoms with Gasteiger partial charge in [0.2, 0.25) is 11.8 Å². The van der Waals surface area contributed by atoms with E-state index in [-0.39, 0.29) is 18.4 Å². The first-order valence-corrected chi connectivity index (χ1v) is 6.51. The van der Waals surface area contributed by atoms with Crippen LogP contribution in [-0.2, 0) is 16.1 Å².